The third kappa shape index (κ3) is 5.87. The van der Waals surface area contributed by atoms with Gasteiger partial charge in [-0.05, 0) is 61.2 Å². The molecule has 0 radical (unpaired) electrons. The molecule has 1 aliphatic heterocycles. The third-order valence-corrected chi connectivity index (χ3v) is 8.67. The van der Waals surface area contributed by atoms with Crippen molar-refractivity contribution in [2.24, 2.45) is 9.98 Å². The van der Waals surface area contributed by atoms with Crippen LogP contribution in [0.4, 0.5) is 5.82 Å². The maximum Gasteiger partial charge on any atom is 2.00 e. The minimum absolute atomic E-state index is 0. The Morgan fingerprint density at radius 2 is 1.55 bits per heavy atom. The number of hydrogen-bond donors (Lipinski definition) is 0. The number of para-hydroxylation sites is 1. The number of anilines is 1. The van der Waals surface area contributed by atoms with Crippen molar-refractivity contribution in [3.05, 3.63) is 127 Å². The predicted octanol–water partition coefficient (Wildman–Crippen LogP) is 8.73. The van der Waals surface area contributed by atoms with Crippen molar-refractivity contribution in [2.75, 3.05) is 18.0 Å². The van der Waals surface area contributed by atoms with Gasteiger partial charge in [0.25, 0.3) is 0 Å². The van der Waals surface area contributed by atoms with Crippen molar-refractivity contribution in [1.82, 2.24) is 19.3 Å². The summed E-state index contributed by atoms with van der Waals surface area (Å²) in [5, 5.41) is 7.38. The second kappa shape index (κ2) is 13.7. The number of benzene rings is 4. The second-order valence-electron chi connectivity index (χ2n) is 11.6. The molecular weight excluding hydrogens is 790 g/mol. The van der Waals surface area contributed by atoms with Gasteiger partial charge in [-0.3, -0.25) is 9.98 Å². The van der Waals surface area contributed by atoms with Crippen LogP contribution in [0, 0.1) is 19.1 Å². The van der Waals surface area contributed by atoms with Crippen LogP contribution in [0.2, 0.25) is 0 Å². The van der Waals surface area contributed by atoms with Gasteiger partial charge in [-0.15, -0.1) is 35.7 Å². The summed E-state index contributed by atoms with van der Waals surface area (Å²) in [6.45, 7) is 7.98. The topological polar surface area (TPSA) is 72.8 Å². The van der Waals surface area contributed by atoms with E-state index >= 15 is 0 Å². The molecule has 0 fully saturated rings. The van der Waals surface area contributed by atoms with Crippen molar-refractivity contribution < 1.29 is 25.8 Å². The number of aliphatic imine (C=N–C) groups is 2. The van der Waals surface area contributed by atoms with Crippen molar-refractivity contribution in [1.29, 1.82) is 0 Å². The number of hydrogen-bond acceptors (Lipinski definition) is 6. The summed E-state index contributed by atoms with van der Waals surface area (Å²) >= 11 is 0. The molecule has 0 unspecified atom stereocenters. The molecule has 244 valence electrons. The van der Waals surface area contributed by atoms with Crippen molar-refractivity contribution in [2.45, 2.75) is 26.9 Å². The fourth-order valence-electron chi connectivity index (χ4n) is 6.44. The van der Waals surface area contributed by atoms with Gasteiger partial charge < -0.3 is 14.2 Å². The van der Waals surface area contributed by atoms with Crippen LogP contribution >= 0.6 is 0 Å². The van der Waals surface area contributed by atoms with Crippen LogP contribution in [0.3, 0.4) is 0 Å². The number of fused-ring (bicyclic) bond motifs is 3. The van der Waals surface area contributed by atoms with Gasteiger partial charge in [-0.2, -0.15) is 17.2 Å². The zero-order chi connectivity index (χ0) is 32.6. The molecule has 0 N–H and O–H groups in total. The first-order chi connectivity index (χ1) is 23.6. The summed E-state index contributed by atoms with van der Waals surface area (Å²) in [5.41, 5.74) is 6.72. The van der Waals surface area contributed by atoms with E-state index in [2.05, 4.69) is 94.8 Å². The maximum atomic E-state index is 6.49. The van der Waals surface area contributed by atoms with Crippen molar-refractivity contribution in [3.8, 4) is 34.1 Å². The van der Waals surface area contributed by atoms with Gasteiger partial charge in [0.2, 0.25) is 0 Å². The van der Waals surface area contributed by atoms with Gasteiger partial charge in [0, 0.05) is 48.7 Å². The number of rotatable bonds is 9. The average Bonchev–Trinajstić information content (AvgIpc) is 3.86. The Labute approximate surface area is 299 Å². The summed E-state index contributed by atoms with van der Waals surface area (Å²) in [7, 11) is 0. The van der Waals surface area contributed by atoms with E-state index < -0.39 is 6.17 Å². The van der Waals surface area contributed by atoms with Gasteiger partial charge >= 0.3 is 21.1 Å². The summed E-state index contributed by atoms with van der Waals surface area (Å²) in [6.07, 6.45) is 4.90. The molecule has 8 nitrogen and oxygen atoms in total. The SMILES string of the molecule is CCN(CC)c1c(-c2ccccc2)c(C2N=CC=N2)nn1-c1[c-]c(Oc2[c-]c3c(cc2)c2ccccc2n3-c2cc(C)ccn2)ccc1.[Pt+2]. The molecule has 0 atom stereocenters. The molecule has 49 heavy (non-hydrogen) atoms. The smallest absolute Gasteiger partial charge is 0.509 e. The van der Waals surface area contributed by atoms with Gasteiger partial charge in [-0.1, -0.05) is 54.0 Å². The molecule has 4 heterocycles. The number of ether oxygens (including phenoxy) is 1. The Morgan fingerprint density at radius 3 is 2.33 bits per heavy atom. The largest absolute Gasteiger partial charge is 2.00 e. The van der Waals surface area contributed by atoms with Gasteiger partial charge in [0.05, 0.1) is 5.56 Å². The number of pyridine rings is 1. The first kappa shape index (κ1) is 32.2. The average molecular weight is 823 g/mol. The molecule has 0 spiro atoms. The van der Waals surface area contributed by atoms with E-state index in [0.29, 0.717) is 11.5 Å². The van der Waals surface area contributed by atoms with Crippen LogP contribution in [-0.2, 0) is 21.1 Å². The second-order valence-corrected chi connectivity index (χ2v) is 11.6. The van der Waals surface area contributed by atoms with Crippen LogP contribution in [0.25, 0.3) is 44.4 Å². The zero-order valence-corrected chi connectivity index (χ0v) is 29.6. The zero-order valence-electron chi connectivity index (χ0n) is 27.3. The molecule has 0 saturated heterocycles. The summed E-state index contributed by atoms with van der Waals surface area (Å²) in [6, 6.07) is 39.8. The molecule has 0 amide bonds. The third-order valence-electron chi connectivity index (χ3n) is 8.67. The molecule has 0 aliphatic carbocycles. The Bertz CT molecular complexity index is 2320. The van der Waals surface area contributed by atoms with E-state index in [4.69, 9.17) is 14.8 Å². The van der Waals surface area contributed by atoms with Crippen LogP contribution in [0.1, 0.15) is 31.3 Å². The fourth-order valence-corrected chi connectivity index (χ4v) is 6.44. The van der Waals surface area contributed by atoms with Crippen LogP contribution in [-0.4, -0.2) is 44.9 Å². The van der Waals surface area contributed by atoms with Gasteiger partial charge in [0.15, 0.2) is 6.17 Å². The van der Waals surface area contributed by atoms with Crippen LogP contribution in [0.15, 0.2) is 113 Å². The Morgan fingerprint density at radius 1 is 0.796 bits per heavy atom. The van der Waals surface area contributed by atoms with Crippen LogP contribution in [0.5, 0.6) is 11.5 Å². The summed E-state index contributed by atoms with van der Waals surface area (Å²) in [5.74, 6) is 2.94. The van der Waals surface area contributed by atoms with E-state index in [-0.39, 0.29) is 21.1 Å². The minimum atomic E-state index is -0.411. The van der Waals surface area contributed by atoms with Crippen LogP contribution < -0.4 is 9.64 Å². The number of nitrogens with zero attached hydrogens (tertiary/aromatic N) is 7. The first-order valence-electron chi connectivity index (χ1n) is 16.2. The molecule has 8 rings (SSSR count). The van der Waals surface area contributed by atoms with Crippen molar-refractivity contribution >= 4 is 40.1 Å². The molecule has 4 aromatic carbocycles. The molecule has 0 bridgehead atoms. The minimum Gasteiger partial charge on any atom is -0.509 e. The molecule has 3 aromatic heterocycles. The molecule has 7 aromatic rings. The predicted molar refractivity (Wildman–Crippen MR) is 193 cm³/mol. The quantitative estimate of drug-likeness (QED) is 0.137. The standard InChI is InChI=1S/C40H33N7O.Pt/c1-4-45(5-2)40-37(28-12-7-6-8-13-28)38(39-42-22-23-43-39)44-47(40)29-14-11-15-30(25-29)48-31-18-19-33-32-16-9-10-17-34(32)46(35(33)26-31)36-24-27(3)20-21-41-36;/h6-24,39H,4-5H2,1-3H3;/q-2;+2. The van der Waals surface area contributed by atoms with Crippen molar-refractivity contribution in [3.63, 3.8) is 0 Å². The number of aryl methyl sites for hydroxylation is 1. The number of aromatic nitrogens is 4. The normalized spacial score (nSPS) is 12.6. The summed E-state index contributed by atoms with van der Waals surface area (Å²) < 4.78 is 10.6. The van der Waals surface area contributed by atoms with E-state index in [0.717, 1.165) is 74.6 Å². The maximum absolute atomic E-state index is 6.49. The van der Waals surface area contributed by atoms with E-state index in [9.17, 15) is 0 Å². The fraction of sp³-hybridized carbons (Fsp3) is 0.150. The Balaban J connectivity index is 0.00000378. The Hall–Kier alpha value is -5.33. The van der Waals surface area contributed by atoms with Gasteiger partial charge in [-0.25, -0.2) is 9.67 Å². The summed E-state index contributed by atoms with van der Waals surface area (Å²) in [4.78, 5) is 16.2. The van der Waals surface area contributed by atoms with E-state index in [1.165, 1.54) is 0 Å². The van der Waals surface area contributed by atoms with E-state index in [1.54, 1.807) is 12.4 Å². The van der Waals surface area contributed by atoms with E-state index in [1.807, 2.05) is 65.5 Å². The Kier molecular flexibility index (Phi) is 8.98. The monoisotopic (exact) mass is 822 g/mol. The first-order valence-corrected chi connectivity index (χ1v) is 16.2. The molecule has 9 heteroatoms. The van der Waals surface area contributed by atoms with Gasteiger partial charge in [0.1, 0.15) is 17.3 Å². The molecular formula is C40H33N7OPt. The molecule has 1 aliphatic rings. The molecule has 0 saturated carbocycles.